The Bertz CT molecular complexity index is 699. The van der Waals surface area contributed by atoms with Crippen LogP contribution in [0.15, 0.2) is 60.7 Å². The van der Waals surface area contributed by atoms with Gasteiger partial charge in [-0.3, -0.25) is 9.59 Å². The third-order valence-electron chi connectivity index (χ3n) is 4.26. The van der Waals surface area contributed by atoms with E-state index in [0.717, 1.165) is 11.1 Å². The van der Waals surface area contributed by atoms with Gasteiger partial charge >= 0.3 is 0 Å². The highest BCUT2D eigenvalue weighted by molar-refractivity contribution is 5.87. The molecule has 2 amide bonds. The zero-order chi connectivity index (χ0) is 18.9. The standard InChI is InChI=1S/C22H28N2O2/c1-17(2)23-22(26)18(3)24(16-20-12-8-5-9-13-20)21(25)15-14-19-10-6-4-7-11-19/h4-13,17-18H,14-16H2,1-3H3,(H,23,26)/t18-/m0/s1. The van der Waals surface area contributed by atoms with Gasteiger partial charge in [-0.2, -0.15) is 0 Å². The minimum atomic E-state index is -0.513. The predicted molar refractivity (Wildman–Crippen MR) is 104 cm³/mol. The van der Waals surface area contributed by atoms with Crippen molar-refractivity contribution in [3.8, 4) is 0 Å². The molecule has 0 aliphatic heterocycles. The molecule has 1 N–H and O–H groups in total. The molecule has 4 heteroatoms. The van der Waals surface area contributed by atoms with Crippen LogP contribution in [0.5, 0.6) is 0 Å². The maximum atomic E-state index is 12.9. The van der Waals surface area contributed by atoms with Crippen molar-refractivity contribution in [3.63, 3.8) is 0 Å². The molecule has 0 aromatic heterocycles. The largest absolute Gasteiger partial charge is 0.352 e. The minimum Gasteiger partial charge on any atom is -0.352 e. The minimum absolute atomic E-state index is 0.0101. The molecule has 0 fully saturated rings. The SMILES string of the molecule is CC(C)NC(=O)[C@H](C)N(Cc1ccccc1)C(=O)CCc1ccccc1. The topological polar surface area (TPSA) is 49.4 Å². The number of carbonyl (C=O) groups is 2. The van der Waals surface area contributed by atoms with Crippen LogP contribution >= 0.6 is 0 Å². The van der Waals surface area contributed by atoms with E-state index in [1.165, 1.54) is 0 Å². The van der Waals surface area contributed by atoms with Crippen LogP contribution in [0.2, 0.25) is 0 Å². The van der Waals surface area contributed by atoms with Crippen LogP contribution in [-0.4, -0.2) is 28.8 Å². The molecule has 1 atom stereocenters. The summed E-state index contributed by atoms with van der Waals surface area (Å²) in [6, 6.07) is 19.3. The molecule has 138 valence electrons. The lowest BCUT2D eigenvalue weighted by Gasteiger charge is -2.29. The number of hydrogen-bond acceptors (Lipinski definition) is 2. The fraction of sp³-hybridized carbons (Fsp3) is 0.364. The van der Waals surface area contributed by atoms with Gasteiger partial charge in [0.05, 0.1) is 0 Å². The number of hydrogen-bond donors (Lipinski definition) is 1. The molecule has 0 bridgehead atoms. The van der Waals surface area contributed by atoms with E-state index in [-0.39, 0.29) is 17.9 Å². The van der Waals surface area contributed by atoms with Crippen LogP contribution in [0.3, 0.4) is 0 Å². The average molecular weight is 352 g/mol. The predicted octanol–water partition coefficient (Wildman–Crippen LogP) is 3.56. The molecule has 0 unspecified atom stereocenters. The van der Waals surface area contributed by atoms with E-state index in [1.54, 1.807) is 11.8 Å². The summed E-state index contributed by atoms with van der Waals surface area (Å²) in [6.45, 7) is 6.06. The van der Waals surface area contributed by atoms with Gasteiger partial charge in [-0.25, -0.2) is 0 Å². The van der Waals surface area contributed by atoms with Gasteiger partial charge in [0.25, 0.3) is 0 Å². The summed E-state index contributed by atoms with van der Waals surface area (Å²) in [5, 5.41) is 2.90. The molecule has 26 heavy (non-hydrogen) atoms. The van der Waals surface area contributed by atoms with Gasteiger partial charge in [-0.15, -0.1) is 0 Å². The highest BCUT2D eigenvalue weighted by Crippen LogP contribution is 2.13. The van der Waals surface area contributed by atoms with Crippen molar-refractivity contribution >= 4 is 11.8 Å². The Kier molecular flexibility index (Phi) is 7.39. The van der Waals surface area contributed by atoms with Crippen molar-refractivity contribution in [2.24, 2.45) is 0 Å². The summed E-state index contributed by atoms with van der Waals surface area (Å²) in [4.78, 5) is 27.0. The Morgan fingerprint density at radius 3 is 1.96 bits per heavy atom. The van der Waals surface area contributed by atoms with E-state index in [0.29, 0.717) is 19.4 Å². The third kappa shape index (κ3) is 6.03. The summed E-state index contributed by atoms with van der Waals surface area (Å²) in [5.74, 6) is -0.131. The van der Waals surface area contributed by atoms with Crippen molar-refractivity contribution < 1.29 is 9.59 Å². The fourth-order valence-electron chi connectivity index (χ4n) is 2.81. The van der Waals surface area contributed by atoms with E-state index in [4.69, 9.17) is 0 Å². The lowest BCUT2D eigenvalue weighted by molar-refractivity contribution is -0.140. The smallest absolute Gasteiger partial charge is 0.242 e. The third-order valence-corrected chi connectivity index (χ3v) is 4.26. The normalized spacial score (nSPS) is 11.8. The first kappa shape index (κ1) is 19.7. The summed E-state index contributed by atoms with van der Waals surface area (Å²) < 4.78 is 0. The monoisotopic (exact) mass is 352 g/mol. The molecular weight excluding hydrogens is 324 g/mol. The van der Waals surface area contributed by atoms with E-state index in [9.17, 15) is 9.59 Å². The number of carbonyl (C=O) groups excluding carboxylic acids is 2. The van der Waals surface area contributed by atoms with E-state index in [1.807, 2.05) is 74.5 Å². The molecule has 0 heterocycles. The van der Waals surface area contributed by atoms with Crippen LogP contribution < -0.4 is 5.32 Å². The second-order valence-electron chi connectivity index (χ2n) is 6.83. The Morgan fingerprint density at radius 2 is 1.42 bits per heavy atom. The van der Waals surface area contributed by atoms with E-state index in [2.05, 4.69) is 5.32 Å². The number of amides is 2. The van der Waals surface area contributed by atoms with E-state index < -0.39 is 6.04 Å². The van der Waals surface area contributed by atoms with Crippen molar-refractivity contribution in [1.29, 1.82) is 0 Å². The first-order valence-corrected chi connectivity index (χ1v) is 9.15. The molecular formula is C22H28N2O2. The van der Waals surface area contributed by atoms with Gasteiger partial charge in [0.15, 0.2) is 0 Å². The lowest BCUT2D eigenvalue weighted by atomic mass is 10.1. The molecule has 0 aliphatic rings. The molecule has 0 aliphatic carbocycles. The molecule has 0 saturated carbocycles. The molecule has 4 nitrogen and oxygen atoms in total. The maximum absolute atomic E-state index is 12.9. The van der Waals surface area contributed by atoms with Crippen LogP contribution in [0.25, 0.3) is 0 Å². The Balaban J connectivity index is 2.10. The van der Waals surface area contributed by atoms with Crippen LogP contribution in [0.1, 0.15) is 38.3 Å². The zero-order valence-corrected chi connectivity index (χ0v) is 15.8. The zero-order valence-electron chi connectivity index (χ0n) is 15.8. The van der Waals surface area contributed by atoms with E-state index >= 15 is 0 Å². The summed E-state index contributed by atoms with van der Waals surface area (Å²) in [7, 11) is 0. The second kappa shape index (κ2) is 9.76. The number of nitrogens with zero attached hydrogens (tertiary/aromatic N) is 1. The van der Waals surface area contributed by atoms with Crippen molar-refractivity contribution in [1.82, 2.24) is 10.2 Å². The van der Waals surface area contributed by atoms with Gasteiger partial charge in [0, 0.05) is 19.0 Å². The Hall–Kier alpha value is -2.62. The van der Waals surface area contributed by atoms with Crippen molar-refractivity contribution in [2.45, 2.75) is 52.2 Å². The Morgan fingerprint density at radius 1 is 0.885 bits per heavy atom. The summed E-state index contributed by atoms with van der Waals surface area (Å²) in [6.07, 6.45) is 1.06. The number of aryl methyl sites for hydroxylation is 1. The Labute approximate surface area is 156 Å². The van der Waals surface area contributed by atoms with Crippen LogP contribution in [-0.2, 0) is 22.6 Å². The first-order chi connectivity index (χ1) is 12.5. The number of benzene rings is 2. The van der Waals surface area contributed by atoms with Crippen LogP contribution in [0, 0.1) is 0 Å². The fourth-order valence-corrected chi connectivity index (χ4v) is 2.81. The molecule has 2 aromatic rings. The molecule has 2 aromatic carbocycles. The van der Waals surface area contributed by atoms with Gasteiger partial charge in [-0.1, -0.05) is 60.7 Å². The van der Waals surface area contributed by atoms with Crippen LogP contribution in [0.4, 0.5) is 0 Å². The number of rotatable bonds is 8. The molecule has 0 radical (unpaired) electrons. The highest BCUT2D eigenvalue weighted by Gasteiger charge is 2.26. The van der Waals surface area contributed by atoms with Gasteiger partial charge in [-0.05, 0) is 38.3 Å². The second-order valence-corrected chi connectivity index (χ2v) is 6.83. The summed E-state index contributed by atoms with van der Waals surface area (Å²) in [5.41, 5.74) is 2.14. The van der Waals surface area contributed by atoms with Gasteiger partial charge in [0.1, 0.15) is 6.04 Å². The maximum Gasteiger partial charge on any atom is 0.242 e. The van der Waals surface area contributed by atoms with Gasteiger partial charge < -0.3 is 10.2 Å². The molecule has 0 saturated heterocycles. The van der Waals surface area contributed by atoms with Crippen molar-refractivity contribution in [2.75, 3.05) is 0 Å². The van der Waals surface area contributed by atoms with Gasteiger partial charge in [0.2, 0.25) is 11.8 Å². The number of nitrogens with one attached hydrogen (secondary N) is 1. The first-order valence-electron chi connectivity index (χ1n) is 9.15. The quantitative estimate of drug-likeness (QED) is 0.790. The van der Waals surface area contributed by atoms with Crippen molar-refractivity contribution in [3.05, 3.63) is 71.8 Å². The lowest BCUT2D eigenvalue weighted by Crippen LogP contribution is -2.49. The molecule has 2 rings (SSSR count). The highest BCUT2D eigenvalue weighted by atomic mass is 16.2. The molecule has 0 spiro atoms. The summed E-state index contributed by atoms with van der Waals surface area (Å²) >= 11 is 0. The average Bonchev–Trinajstić information content (AvgIpc) is 2.64.